The summed E-state index contributed by atoms with van der Waals surface area (Å²) >= 11 is 0. The lowest BCUT2D eigenvalue weighted by molar-refractivity contribution is 0.383. The average Bonchev–Trinajstić information content (AvgIpc) is 3.19. The van der Waals surface area contributed by atoms with Gasteiger partial charge in [-0.3, -0.25) is 4.68 Å². The third-order valence-electron chi connectivity index (χ3n) is 3.43. The van der Waals surface area contributed by atoms with Crippen LogP contribution in [0.5, 0.6) is 0 Å². The summed E-state index contributed by atoms with van der Waals surface area (Å²) in [7, 11) is 0. The van der Waals surface area contributed by atoms with E-state index in [1.165, 1.54) is 0 Å². The van der Waals surface area contributed by atoms with Gasteiger partial charge in [-0.25, -0.2) is 9.98 Å². The van der Waals surface area contributed by atoms with Gasteiger partial charge in [-0.15, -0.1) is 24.0 Å². The Hall–Kier alpha value is -1.58. The van der Waals surface area contributed by atoms with Crippen molar-refractivity contribution < 1.29 is 4.42 Å². The Balaban J connectivity index is 0.00000312. The molecule has 0 aliphatic rings. The van der Waals surface area contributed by atoms with Crippen LogP contribution in [0.2, 0.25) is 0 Å². The molecule has 140 valence electrons. The van der Waals surface area contributed by atoms with Gasteiger partial charge in [0.25, 0.3) is 0 Å². The van der Waals surface area contributed by atoms with E-state index < -0.39 is 0 Å². The van der Waals surface area contributed by atoms with E-state index >= 15 is 0 Å². The molecule has 0 saturated heterocycles. The summed E-state index contributed by atoms with van der Waals surface area (Å²) in [4.78, 5) is 8.83. The molecular formula is C17H29IN6O. The molecule has 8 heteroatoms. The maximum absolute atomic E-state index is 5.77. The zero-order chi connectivity index (χ0) is 17.4. The minimum Gasteiger partial charge on any atom is -0.443 e. The number of nitrogens with one attached hydrogen (secondary N) is 2. The van der Waals surface area contributed by atoms with Crippen LogP contribution >= 0.6 is 24.0 Å². The fourth-order valence-electron chi connectivity index (χ4n) is 2.10. The van der Waals surface area contributed by atoms with E-state index in [0.717, 1.165) is 37.8 Å². The summed E-state index contributed by atoms with van der Waals surface area (Å²) in [5, 5.41) is 10.7. The van der Waals surface area contributed by atoms with Crippen molar-refractivity contribution in [2.24, 2.45) is 4.99 Å². The number of aryl methyl sites for hydroxylation is 1. The molecule has 0 aliphatic heterocycles. The molecule has 2 rings (SSSR count). The molecule has 0 aromatic carbocycles. The molecule has 2 N–H and O–H groups in total. The summed E-state index contributed by atoms with van der Waals surface area (Å²) in [6, 6.07) is 1.93. The van der Waals surface area contributed by atoms with Crippen molar-refractivity contribution in [3.05, 3.63) is 36.3 Å². The average molecular weight is 460 g/mol. The Morgan fingerprint density at radius 1 is 1.32 bits per heavy atom. The Kier molecular flexibility index (Phi) is 8.95. The van der Waals surface area contributed by atoms with E-state index in [-0.39, 0.29) is 29.4 Å². The molecule has 0 radical (unpaired) electrons. The highest BCUT2D eigenvalue weighted by molar-refractivity contribution is 14.0. The first-order chi connectivity index (χ1) is 11.5. The van der Waals surface area contributed by atoms with E-state index in [9.17, 15) is 0 Å². The topological polar surface area (TPSA) is 80.3 Å². The third-order valence-corrected chi connectivity index (χ3v) is 3.43. The molecule has 0 aliphatic carbocycles. The molecule has 0 atom stereocenters. The molecule has 2 heterocycles. The van der Waals surface area contributed by atoms with Crippen LogP contribution in [0, 0.1) is 0 Å². The lowest BCUT2D eigenvalue weighted by Gasteiger charge is -2.13. The van der Waals surface area contributed by atoms with E-state index in [0.29, 0.717) is 12.4 Å². The third kappa shape index (κ3) is 7.45. The Bertz CT molecular complexity index is 630. The predicted octanol–water partition coefficient (Wildman–Crippen LogP) is 2.93. The number of halogens is 1. The van der Waals surface area contributed by atoms with Crippen molar-refractivity contribution in [2.45, 2.75) is 52.6 Å². The fraction of sp³-hybridized carbons (Fsp3) is 0.588. The van der Waals surface area contributed by atoms with Gasteiger partial charge in [0.05, 0.1) is 6.20 Å². The van der Waals surface area contributed by atoms with Crippen molar-refractivity contribution >= 4 is 29.9 Å². The van der Waals surface area contributed by atoms with E-state index in [2.05, 4.69) is 46.5 Å². The van der Waals surface area contributed by atoms with Gasteiger partial charge in [-0.2, -0.15) is 5.10 Å². The second-order valence-corrected chi connectivity index (χ2v) is 6.61. The second kappa shape index (κ2) is 10.4. The van der Waals surface area contributed by atoms with Gasteiger partial charge in [0.1, 0.15) is 12.3 Å². The van der Waals surface area contributed by atoms with Gasteiger partial charge in [-0.05, 0) is 19.4 Å². The van der Waals surface area contributed by atoms with E-state index in [1.807, 2.05) is 23.9 Å². The molecule has 2 aromatic heterocycles. The summed E-state index contributed by atoms with van der Waals surface area (Å²) in [5.74, 6) is 2.28. The molecular weight excluding hydrogens is 431 g/mol. The van der Waals surface area contributed by atoms with Gasteiger partial charge >= 0.3 is 0 Å². The number of hydrogen-bond acceptors (Lipinski definition) is 4. The van der Waals surface area contributed by atoms with Crippen LogP contribution in [0.4, 0.5) is 0 Å². The number of guanidine groups is 1. The van der Waals surface area contributed by atoms with Crippen molar-refractivity contribution in [3.8, 4) is 0 Å². The first-order valence-corrected chi connectivity index (χ1v) is 8.44. The van der Waals surface area contributed by atoms with Crippen LogP contribution < -0.4 is 10.6 Å². The Labute approximate surface area is 166 Å². The van der Waals surface area contributed by atoms with Crippen molar-refractivity contribution in [1.29, 1.82) is 0 Å². The highest BCUT2D eigenvalue weighted by Gasteiger charge is 2.18. The SMILES string of the molecule is CCNC(=NCc1ncc(C(C)(C)C)o1)NCCCn1cccn1.I. The van der Waals surface area contributed by atoms with E-state index in [4.69, 9.17) is 4.42 Å². The minimum atomic E-state index is -0.0375. The lowest BCUT2D eigenvalue weighted by Crippen LogP contribution is -2.38. The zero-order valence-corrected chi connectivity index (χ0v) is 17.8. The molecule has 0 spiro atoms. The Morgan fingerprint density at radius 2 is 2.12 bits per heavy atom. The quantitative estimate of drug-likeness (QED) is 0.288. The van der Waals surface area contributed by atoms with Gasteiger partial charge in [0, 0.05) is 37.4 Å². The van der Waals surface area contributed by atoms with Crippen molar-refractivity contribution in [3.63, 3.8) is 0 Å². The summed E-state index contributed by atoms with van der Waals surface area (Å²) in [5.41, 5.74) is -0.0375. The number of aromatic nitrogens is 3. The summed E-state index contributed by atoms with van der Waals surface area (Å²) in [6.07, 6.45) is 6.52. The van der Waals surface area contributed by atoms with Gasteiger partial charge < -0.3 is 15.1 Å². The molecule has 0 fully saturated rings. The first kappa shape index (κ1) is 21.5. The second-order valence-electron chi connectivity index (χ2n) is 6.61. The molecule has 2 aromatic rings. The fourth-order valence-corrected chi connectivity index (χ4v) is 2.10. The van der Waals surface area contributed by atoms with Crippen LogP contribution in [-0.4, -0.2) is 33.8 Å². The predicted molar refractivity (Wildman–Crippen MR) is 110 cm³/mol. The molecule has 0 amide bonds. The number of nitrogens with zero attached hydrogens (tertiary/aromatic N) is 4. The minimum absolute atomic E-state index is 0. The van der Waals surface area contributed by atoms with E-state index in [1.54, 1.807) is 12.4 Å². The largest absolute Gasteiger partial charge is 0.443 e. The smallest absolute Gasteiger partial charge is 0.216 e. The van der Waals surface area contributed by atoms with Crippen LogP contribution in [0.3, 0.4) is 0 Å². The van der Waals surface area contributed by atoms with Crippen LogP contribution in [0.1, 0.15) is 45.8 Å². The first-order valence-electron chi connectivity index (χ1n) is 8.44. The standard InChI is InChI=1S/C17H28N6O.HI/c1-5-18-16(19-8-6-10-23-11-7-9-22-23)21-13-15-20-12-14(24-15)17(2,3)4;/h7,9,11-12H,5-6,8,10,13H2,1-4H3,(H2,18,19,21);1H. The summed E-state index contributed by atoms with van der Waals surface area (Å²) in [6.45, 7) is 11.3. The number of rotatable bonds is 7. The van der Waals surface area contributed by atoms with Gasteiger partial charge in [-0.1, -0.05) is 20.8 Å². The monoisotopic (exact) mass is 460 g/mol. The van der Waals surface area contributed by atoms with Gasteiger partial charge in [0.15, 0.2) is 5.96 Å². The molecule has 25 heavy (non-hydrogen) atoms. The summed E-state index contributed by atoms with van der Waals surface area (Å²) < 4.78 is 7.69. The molecule has 7 nitrogen and oxygen atoms in total. The number of hydrogen-bond donors (Lipinski definition) is 2. The normalized spacial score (nSPS) is 11.9. The highest BCUT2D eigenvalue weighted by Crippen LogP contribution is 2.22. The van der Waals surface area contributed by atoms with Crippen molar-refractivity contribution in [1.82, 2.24) is 25.4 Å². The highest BCUT2D eigenvalue weighted by atomic mass is 127. The number of aliphatic imine (C=N–C) groups is 1. The van der Waals surface area contributed by atoms with Gasteiger partial charge in [0.2, 0.25) is 5.89 Å². The maximum atomic E-state index is 5.77. The maximum Gasteiger partial charge on any atom is 0.216 e. The van der Waals surface area contributed by atoms with Crippen LogP contribution in [0.15, 0.2) is 34.1 Å². The molecule has 0 saturated carbocycles. The van der Waals surface area contributed by atoms with Crippen LogP contribution in [-0.2, 0) is 18.5 Å². The Morgan fingerprint density at radius 3 is 2.72 bits per heavy atom. The van der Waals surface area contributed by atoms with Crippen LogP contribution in [0.25, 0.3) is 0 Å². The number of oxazole rings is 1. The van der Waals surface area contributed by atoms with Crippen molar-refractivity contribution in [2.75, 3.05) is 13.1 Å². The molecule has 0 unspecified atom stereocenters. The molecule has 0 bridgehead atoms. The zero-order valence-electron chi connectivity index (χ0n) is 15.5. The lowest BCUT2D eigenvalue weighted by atomic mass is 9.94.